The van der Waals surface area contributed by atoms with Crippen LogP contribution in [0.4, 0.5) is 5.69 Å². The first-order chi connectivity index (χ1) is 11.5. The van der Waals surface area contributed by atoms with Crippen LogP contribution in [0.25, 0.3) is 27.5 Å². The summed E-state index contributed by atoms with van der Waals surface area (Å²) in [6, 6.07) is 14.5. The number of anilines is 1. The molecule has 0 aliphatic rings. The van der Waals surface area contributed by atoms with Gasteiger partial charge in [-0.25, -0.2) is 4.98 Å². The highest BCUT2D eigenvalue weighted by Crippen LogP contribution is 2.35. The van der Waals surface area contributed by atoms with Gasteiger partial charge in [-0.1, -0.05) is 35.9 Å². The number of hydrogen-bond donors (Lipinski definition) is 1. The minimum atomic E-state index is 0.759. The predicted octanol–water partition coefficient (Wildman–Crippen LogP) is 5.24. The van der Waals surface area contributed by atoms with Crippen molar-refractivity contribution in [2.24, 2.45) is 0 Å². The first-order valence-corrected chi connectivity index (χ1v) is 8.76. The summed E-state index contributed by atoms with van der Waals surface area (Å²) in [5.74, 6) is 0. The highest BCUT2D eigenvalue weighted by Gasteiger charge is 2.16. The van der Waals surface area contributed by atoms with Crippen LogP contribution < -0.4 is 5.73 Å². The Kier molecular flexibility index (Phi) is 3.43. The van der Waals surface area contributed by atoms with E-state index in [1.807, 2.05) is 24.3 Å². The lowest BCUT2D eigenvalue weighted by Crippen LogP contribution is -1.90. The normalized spacial score (nSPS) is 11.3. The predicted molar refractivity (Wildman–Crippen MR) is 103 cm³/mol. The molecule has 0 aliphatic carbocycles. The van der Waals surface area contributed by atoms with E-state index in [-0.39, 0.29) is 0 Å². The molecule has 4 aromatic rings. The summed E-state index contributed by atoms with van der Waals surface area (Å²) in [6.45, 7) is 6.46. The molecular formula is C20H19N3S. The first-order valence-electron chi connectivity index (χ1n) is 7.95. The van der Waals surface area contributed by atoms with Crippen molar-refractivity contribution in [2.75, 3.05) is 5.73 Å². The van der Waals surface area contributed by atoms with E-state index < -0.39 is 0 Å². The lowest BCUT2D eigenvalue weighted by atomic mass is 10.0. The average molecular weight is 333 g/mol. The third-order valence-electron chi connectivity index (χ3n) is 4.31. The van der Waals surface area contributed by atoms with Crippen LogP contribution in [0.2, 0.25) is 0 Å². The van der Waals surface area contributed by atoms with Crippen LogP contribution in [-0.2, 0) is 0 Å². The number of fused-ring (bicyclic) bond motifs is 1. The van der Waals surface area contributed by atoms with E-state index >= 15 is 0 Å². The smallest absolute Gasteiger partial charge is 0.194 e. The van der Waals surface area contributed by atoms with Crippen molar-refractivity contribution in [2.45, 2.75) is 20.8 Å². The molecule has 0 saturated heterocycles. The Morgan fingerprint density at radius 2 is 1.88 bits per heavy atom. The van der Waals surface area contributed by atoms with Gasteiger partial charge in [0.05, 0.1) is 11.4 Å². The average Bonchev–Trinajstić information content (AvgIpc) is 3.05. The molecule has 0 radical (unpaired) electrons. The van der Waals surface area contributed by atoms with Crippen molar-refractivity contribution in [3.63, 3.8) is 0 Å². The van der Waals surface area contributed by atoms with E-state index in [9.17, 15) is 0 Å². The van der Waals surface area contributed by atoms with Gasteiger partial charge in [0.25, 0.3) is 0 Å². The van der Waals surface area contributed by atoms with Crippen LogP contribution in [0.5, 0.6) is 0 Å². The molecule has 2 aromatic carbocycles. The molecule has 0 fully saturated rings. The van der Waals surface area contributed by atoms with Gasteiger partial charge in [0, 0.05) is 27.9 Å². The fourth-order valence-corrected chi connectivity index (χ4v) is 4.15. The number of nitrogens with zero attached hydrogens (tertiary/aromatic N) is 2. The summed E-state index contributed by atoms with van der Waals surface area (Å²) in [5.41, 5.74) is 13.7. The molecule has 4 heteroatoms. The summed E-state index contributed by atoms with van der Waals surface area (Å²) >= 11 is 1.73. The zero-order valence-electron chi connectivity index (χ0n) is 14.0. The second-order valence-electron chi connectivity index (χ2n) is 6.23. The van der Waals surface area contributed by atoms with E-state index in [0.29, 0.717) is 0 Å². The van der Waals surface area contributed by atoms with Crippen LogP contribution in [0.15, 0.2) is 48.7 Å². The maximum Gasteiger partial charge on any atom is 0.194 e. The summed E-state index contributed by atoms with van der Waals surface area (Å²) in [7, 11) is 0. The van der Waals surface area contributed by atoms with Gasteiger partial charge in [-0.2, -0.15) is 0 Å². The molecule has 0 spiro atoms. The highest BCUT2D eigenvalue weighted by molar-refractivity contribution is 7.17. The van der Waals surface area contributed by atoms with Gasteiger partial charge < -0.3 is 5.73 Å². The topological polar surface area (TPSA) is 43.3 Å². The Labute approximate surface area is 145 Å². The van der Waals surface area contributed by atoms with Crippen molar-refractivity contribution in [1.29, 1.82) is 0 Å². The maximum atomic E-state index is 5.91. The number of hydrogen-bond acceptors (Lipinski definition) is 3. The molecule has 0 atom stereocenters. The largest absolute Gasteiger partial charge is 0.399 e. The van der Waals surface area contributed by atoms with E-state index in [1.54, 1.807) is 11.3 Å². The number of thiazole rings is 1. The molecule has 3 nitrogen and oxygen atoms in total. The molecule has 2 aromatic heterocycles. The zero-order valence-corrected chi connectivity index (χ0v) is 14.8. The molecule has 24 heavy (non-hydrogen) atoms. The molecular weight excluding hydrogens is 314 g/mol. The molecule has 0 aliphatic heterocycles. The molecule has 0 unspecified atom stereocenters. The van der Waals surface area contributed by atoms with Crippen molar-refractivity contribution < 1.29 is 0 Å². The number of aromatic nitrogens is 2. The molecule has 4 rings (SSSR count). The third kappa shape index (κ3) is 2.39. The van der Waals surface area contributed by atoms with Crippen LogP contribution >= 0.6 is 11.3 Å². The van der Waals surface area contributed by atoms with Crippen molar-refractivity contribution >= 4 is 22.0 Å². The fraction of sp³-hybridized carbons (Fsp3) is 0.150. The standard InChI is InChI=1S/C20H19N3S/c1-12-7-8-17(13(2)9-12)19-14(3)24-20-22-18(11-23(19)20)15-5-4-6-16(21)10-15/h4-11H,21H2,1-3H3. The van der Waals surface area contributed by atoms with Crippen LogP contribution in [-0.4, -0.2) is 9.38 Å². The van der Waals surface area contributed by atoms with Gasteiger partial charge in [0.1, 0.15) is 0 Å². The Morgan fingerprint density at radius 3 is 2.62 bits per heavy atom. The summed E-state index contributed by atoms with van der Waals surface area (Å²) < 4.78 is 2.20. The lowest BCUT2D eigenvalue weighted by molar-refractivity contribution is 1.21. The number of imidazole rings is 1. The number of aryl methyl sites for hydroxylation is 3. The Morgan fingerprint density at radius 1 is 1.04 bits per heavy atom. The molecule has 0 bridgehead atoms. The van der Waals surface area contributed by atoms with Gasteiger partial charge >= 0.3 is 0 Å². The quantitative estimate of drug-likeness (QED) is 0.510. The second-order valence-corrected chi connectivity index (χ2v) is 7.41. The molecule has 0 amide bonds. The van der Waals surface area contributed by atoms with Gasteiger partial charge in [0.2, 0.25) is 0 Å². The molecule has 2 N–H and O–H groups in total. The van der Waals surface area contributed by atoms with Gasteiger partial charge in [-0.15, -0.1) is 11.3 Å². The van der Waals surface area contributed by atoms with Crippen molar-refractivity contribution in [1.82, 2.24) is 9.38 Å². The van der Waals surface area contributed by atoms with E-state index in [1.165, 1.54) is 27.3 Å². The van der Waals surface area contributed by atoms with Crippen molar-refractivity contribution in [3.8, 4) is 22.5 Å². The van der Waals surface area contributed by atoms with E-state index in [0.717, 1.165) is 21.9 Å². The number of rotatable bonds is 2. The minimum absolute atomic E-state index is 0.759. The van der Waals surface area contributed by atoms with E-state index in [2.05, 4.69) is 49.6 Å². The minimum Gasteiger partial charge on any atom is -0.399 e. The summed E-state index contributed by atoms with van der Waals surface area (Å²) in [6.07, 6.45) is 2.11. The van der Waals surface area contributed by atoms with Crippen LogP contribution in [0, 0.1) is 20.8 Å². The van der Waals surface area contributed by atoms with Gasteiger partial charge in [0.15, 0.2) is 4.96 Å². The van der Waals surface area contributed by atoms with Gasteiger partial charge in [-0.05, 0) is 38.5 Å². The lowest BCUT2D eigenvalue weighted by Gasteiger charge is -2.07. The number of nitrogen functional groups attached to an aromatic ring is 1. The third-order valence-corrected chi connectivity index (χ3v) is 5.28. The van der Waals surface area contributed by atoms with Gasteiger partial charge in [-0.3, -0.25) is 4.40 Å². The highest BCUT2D eigenvalue weighted by atomic mass is 32.1. The second kappa shape index (κ2) is 5.49. The molecule has 120 valence electrons. The molecule has 2 heterocycles. The summed E-state index contributed by atoms with van der Waals surface area (Å²) in [4.78, 5) is 7.10. The monoisotopic (exact) mass is 333 g/mol. The maximum absolute atomic E-state index is 5.91. The Balaban J connectivity index is 1.92. The first kappa shape index (κ1) is 15.0. The summed E-state index contributed by atoms with van der Waals surface area (Å²) in [5, 5.41) is 0. The van der Waals surface area contributed by atoms with Crippen molar-refractivity contribution in [3.05, 3.63) is 64.7 Å². The zero-order chi connectivity index (χ0) is 16.8. The van der Waals surface area contributed by atoms with E-state index in [4.69, 9.17) is 10.7 Å². The SMILES string of the molecule is Cc1ccc(-c2c(C)sc3nc(-c4cccc(N)c4)cn23)c(C)c1. The Hall–Kier alpha value is -2.59. The molecule has 0 saturated carbocycles. The number of benzene rings is 2. The fourth-order valence-electron chi connectivity index (χ4n) is 3.19. The number of nitrogens with two attached hydrogens (primary N) is 1. The Bertz CT molecular complexity index is 1060. The van der Waals surface area contributed by atoms with Crippen LogP contribution in [0.1, 0.15) is 16.0 Å². The van der Waals surface area contributed by atoms with Crippen LogP contribution in [0.3, 0.4) is 0 Å².